The number of halogens is 1. The van der Waals surface area contributed by atoms with Crippen molar-refractivity contribution in [3.05, 3.63) is 94.1 Å². The lowest BCUT2D eigenvalue weighted by Gasteiger charge is -2.36. The van der Waals surface area contributed by atoms with E-state index in [9.17, 15) is 13.2 Å². The molecule has 1 saturated carbocycles. The van der Waals surface area contributed by atoms with Gasteiger partial charge in [0.25, 0.3) is 0 Å². The van der Waals surface area contributed by atoms with Crippen molar-refractivity contribution in [2.75, 3.05) is 43.4 Å². The number of anilines is 2. The molecule has 0 radical (unpaired) electrons. The maximum Gasteiger partial charge on any atom is 0.316 e. The first kappa shape index (κ1) is 28.3. The van der Waals surface area contributed by atoms with Gasteiger partial charge in [-0.25, -0.2) is 8.42 Å². The number of hydrogen-bond donors (Lipinski definition) is 1. The zero-order chi connectivity index (χ0) is 29.5. The van der Waals surface area contributed by atoms with Crippen molar-refractivity contribution in [3.63, 3.8) is 0 Å². The lowest BCUT2D eigenvalue weighted by molar-refractivity contribution is 0.242. The molecular formula is C30H33ClN6O4S. The van der Waals surface area contributed by atoms with Crippen LogP contribution in [0.25, 0.3) is 11.4 Å². The maximum absolute atomic E-state index is 13.6. The zero-order valence-electron chi connectivity index (χ0n) is 23.3. The van der Waals surface area contributed by atoms with Crippen LogP contribution >= 0.6 is 11.6 Å². The summed E-state index contributed by atoms with van der Waals surface area (Å²) in [6.07, 6.45) is 7.50. The van der Waals surface area contributed by atoms with E-state index in [1.807, 2.05) is 46.1 Å². The number of piperazine rings is 1. The molecule has 12 heteroatoms. The largest absolute Gasteiger partial charge is 0.486 e. The van der Waals surface area contributed by atoms with Gasteiger partial charge in [-0.05, 0) is 66.9 Å². The number of sulfonamides is 1. The summed E-state index contributed by atoms with van der Waals surface area (Å²) in [5, 5.41) is 4.92. The first-order valence-corrected chi connectivity index (χ1v) is 15.9. The molecule has 0 unspecified atom stereocenters. The van der Waals surface area contributed by atoms with E-state index in [0.29, 0.717) is 47.3 Å². The van der Waals surface area contributed by atoms with Crippen molar-refractivity contribution in [1.82, 2.24) is 18.7 Å². The Balaban J connectivity index is 1.21. The second-order valence-corrected chi connectivity index (χ2v) is 13.7. The van der Waals surface area contributed by atoms with Gasteiger partial charge in [0.15, 0.2) is 0 Å². The Bertz CT molecular complexity index is 1760. The van der Waals surface area contributed by atoms with Crippen LogP contribution in [-0.4, -0.2) is 59.9 Å². The number of benzene rings is 2. The number of nitrogen functional groups attached to an aromatic ring is 1. The normalized spacial score (nSPS) is 16.9. The second-order valence-electron chi connectivity index (χ2n) is 11.3. The molecule has 4 aromatic rings. The molecule has 2 N–H and O–H groups in total. The van der Waals surface area contributed by atoms with E-state index >= 15 is 0 Å². The highest BCUT2D eigenvalue weighted by Gasteiger charge is 2.39. The summed E-state index contributed by atoms with van der Waals surface area (Å²) in [4.78, 5) is 15.6. The molecule has 3 heterocycles. The van der Waals surface area contributed by atoms with Crippen LogP contribution in [-0.2, 0) is 15.8 Å². The first-order chi connectivity index (χ1) is 20.1. The molecule has 1 aliphatic heterocycles. The zero-order valence-corrected chi connectivity index (χ0v) is 24.9. The van der Waals surface area contributed by atoms with E-state index in [1.165, 1.54) is 8.99 Å². The van der Waals surface area contributed by atoms with Crippen LogP contribution in [0.3, 0.4) is 0 Å². The van der Waals surface area contributed by atoms with Gasteiger partial charge < -0.3 is 19.9 Å². The van der Waals surface area contributed by atoms with Gasteiger partial charge in [-0.15, -0.1) is 0 Å². The smallest absolute Gasteiger partial charge is 0.316 e. The predicted octanol–water partition coefficient (Wildman–Crippen LogP) is 4.09. The molecule has 0 amide bonds. The molecule has 2 aliphatic rings. The number of nitrogens with two attached hydrogens (primary N) is 1. The van der Waals surface area contributed by atoms with Crippen molar-refractivity contribution in [1.29, 1.82) is 0 Å². The van der Waals surface area contributed by atoms with Crippen molar-refractivity contribution >= 4 is 33.0 Å². The Morgan fingerprint density at radius 2 is 1.74 bits per heavy atom. The summed E-state index contributed by atoms with van der Waals surface area (Å²) in [6.45, 7) is 3.84. The summed E-state index contributed by atoms with van der Waals surface area (Å²) >= 11 is 6.17. The molecule has 42 heavy (non-hydrogen) atoms. The monoisotopic (exact) mass is 608 g/mol. The number of rotatable bonds is 9. The summed E-state index contributed by atoms with van der Waals surface area (Å²) in [6, 6.07) is 16.2. The van der Waals surface area contributed by atoms with E-state index in [0.717, 1.165) is 18.5 Å². The number of nitrogens with zero attached hydrogens (tertiary/aromatic N) is 5. The third kappa shape index (κ3) is 5.90. The third-order valence-corrected chi connectivity index (χ3v) is 10.0. The van der Waals surface area contributed by atoms with Crippen LogP contribution in [0.5, 0.6) is 5.75 Å². The Morgan fingerprint density at radius 1 is 1.00 bits per heavy atom. The van der Waals surface area contributed by atoms with Crippen LogP contribution in [0.15, 0.2) is 78.0 Å². The highest BCUT2D eigenvalue weighted by Crippen LogP contribution is 2.45. The predicted molar refractivity (Wildman–Crippen MR) is 164 cm³/mol. The molecule has 0 atom stereocenters. The summed E-state index contributed by atoms with van der Waals surface area (Å²) < 4.78 is 37.8. The Kier molecular flexibility index (Phi) is 7.50. The summed E-state index contributed by atoms with van der Waals surface area (Å²) in [5.41, 5.74) is 8.78. The van der Waals surface area contributed by atoms with Crippen LogP contribution in [0, 0.1) is 5.41 Å². The topological polar surface area (TPSA) is 116 Å². The molecule has 0 bridgehead atoms. The Morgan fingerprint density at radius 3 is 2.43 bits per heavy atom. The molecule has 0 spiro atoms. The van der Waals surface area contributed by atoms with Gasteiger partial charge in [-0.3, -0.25) is 4.79 Å². The Hall–Kier alpha value is -3.80. The van der Waals surface area contributed by atoms with Crippen molar-refractivity contribution in [2.45, 2.75) is 25.5 Å². The van der Waals surface area contributed by atoms with Crippen LogP contribution in [0.2, 0.25) is 5.02 Å². The van der Waals surface area contributed by atoms with Gasteiger partial charge in [0.05, 0.1) is 24.2 Å². The number of ether oxygens (including phenoxy) is 1. The van der Waals surface area contributed by atoms with E-state index in [2.05, 4.69) is 12.0 Å². The highest BCUT2D eigenvalue weighted by molar-refractivity contribution is 7.88. The van der Waals surface area contributed by atoms with Crippen LogP contribution in [0.4, 0.5) is 11.4 Å². The molecule has 1 saturated heterocycles. The van der Waals surface area contributed by atoms with Gasteiger partial charge in [-0.1, -0.05) is 24.6 Å². The van der Waals surface area contributed by atoms with E-state index in [1.54, 1.807) is 36.5 Å². The average Bonchev–Trinajstić information content (AvgIpc) is 3.46. The summed E-state index contributed by atoms with van der Waals surface area (Å²) in [5.74, 6) is 0.0157. The molecule has 2 fully saturated rings. The molecule has 2 aromatic carbocycles. The fraction of sp³-hybridized carbons (Fsp3) is 0.333. The van der Waals surface area contributed by atoms with E-state index in [4.69, 9.17) is 22.1 Å². The molecular weight excluding hydrogens is 576 g/mol. The lowest BCUT2D eigenvalue weighted by atomic mass is 10.2. The molecule has 6 rings (SSSR count). The van der Waals surface area contributed by atoms with Gasteiger partial charge in [0.1, 0.15) is 5.69 Å². The van der Waals surface area contributed by atoms with Crippen LogP contribution in [0.1, 0.15) is 25.3 Å². The minimum Gasteiger partial charge on any atom is -0.486 e. The van der Waals surface area contributed by atoms with Gasteiger partial charge in [0.2, 0.25) is 15.8 Å². The molecule has 1 aliphatic carbocycles. The fourth-order valence-electron chi connectivity index (χ4n) is 5.07. The average molecular weight is 609 g/mol. The van der Waals surface area contributed by atoms with Crippen LogP contribution < -0.4 is 20.9 Å². The SMILES string of the molecule is CC1(COc2c(N3CCN(S(=O)(=O)Cc4cc(-n5cccc5)ccc4N)CC3)cnn(-c3cccc(Cl)c3)c2=O)CC1. The van der Waals surface area contributed by atoms with Gasteiger partial charge in [0, 0.05) is 60.4 Å². The number of hydrogen-bond acceptors (Lipinski definition) is 7. The van der Waals surface area contributed by atoms with Crippen molar-refractivity contribution in [2.24, 2.45) is 5.41 Å². The van der Waals surface area contributed by atoms with Crippen molar-refractivity contribution < 1.29 is 13.2 Å². The maximum atomic E-state index is 13.6. The highest BCUT2D eigenvalue weighted by atomic mass is 35.5. The second kappa shape index (κ2) is 11.1. The van der Waals surface area contributed by atoms with Crippen molar-refractivity contribution in [3.8, 4) is 17.1 Å². The number of aromatic nitrogens is 3. The summed E-state index contributed by atoms with van der Waals surface area (Å²) in [7, 11) is -3.64. The van der Waals surface area contributed by atoms with E-state index in [-0.39, 0.29) is 35.6 Å². The minimum atomic E-state index is -3.64. The standard InChI is InChI=1S/C30H33ClN6O4S/c1-30(9-10-30)21-41-28-27(19-33-37(29(28)38)25-6-4-5-23(31)18-25)35-13-15-36(16-14-35)42(39,40)20-22-17-24(7-8-26(22)32)34-11-2-3-12-34/h2-8,11-12,17-19H,9-10,13-16,20-21,32H2,1H3. The molecule has 220 valence electrons. The van der Waals surface area contributed by atoms with Gasteiger partial charge >= 0.3 is 5.56 Å². The van der Waals surface area contributed by atoms with Gasteiger partial charge in [-0.2, -0.15) is 14.1 Å². The molecule has 2 aromatic heterocycles. The lowest BCUT2D eigenvalue weighted by Crippen LogP contribution is -2.49. The minimum absolute atomic E-state index is 0.0567. The molecule has 10 nitrogen and oxygen atoms in total. The Labute approximate surface area is 249 Å². The fourth-order valence-corrected chi connectivity index (χ4v) is 6.80. The quantitative estimate of drug-likeness (QED) is 0.285. The first-order valence-electron chi connectivity index (χ1n) is 13.9. The third-order valence-electron chi connectivity index (χ3n) is 7.98. The van der Waals surface area contributed by atoms with E-state index < -0.39 is 10.0 Å².